The van der Waals surface area contributed by atoms with Crippen LogP contribution in [0.25, 0.3) is 0 Å². The molecule has 1 aromatic rings. The van der Waals surface area contributed by atoms with Crippen LogP contribution in [0.2, 0.25) is 0 Å². The molecule has 0 bridgehead atoms. The minimum absolute atomic E-state index is 0.106. The molecule has 3 N–H and O–H groups in total. The van der Waals surface area contributed by atoms with E-state index in [2.05, 4.69) is 5.32 Å². The molecule has 1 amide bonds. The first-order valence-electron chi connectivity index (χ1n) is 6.81. The van der Waals surface area contributed by atoms with E-state index in [1.54, 1.807) is 7.11 Å². The smallest absolute Gasteiger partial charge is 0.221 e. The molecule has 0 unspecified atom stereocenters. The lowest BCUT2D eigenvalue weighted by molar-refractivity contribution is -0.114. The summed E-state index contributed by atoms with van der Waals surface area (Å²) in [5.41, 5.74) is 7.93. The van der Waals surface area contributed by atoms with E-state index in [1.165, 1.54) is 13.3 Å². The fourth-order valence-electron chi connectivity index (χ4n) is 2.87. The van der Waals surface area contributed by atoms with Crippen LogP contribution < -0.4 is 15.8 Å². The van der Waals surface area contributed by atoms with Crippen molar-refractivity contribution in [2.24, 2.45) is 5.73 Å². The molecule has 2 rings (SSSR count). The number of hydrogen-bond acceptors (Lipinski definition) is 3. The van der Waals surface area contributed by atoms with Gasteiger partial charge in [0.05, 0.1) is 12.8 Å². The van der Waals surface area contributed by atoms with E-state index in [9.17, 15) is 4.79 Å². The van der Waals surface area contributed by atoms with Gasteiger partial charge in [-0.2, -0.15) is 0 Å². The van der Waals surface area contributed by atoms with Crippen molar-refractivity contribution in [3.05, 3.63) is 23.8 Å². The van der Waals surface area contributed by atoms with Crippen molar-refractivity contribution in [1.82, 2.24) is 0 Å². The molecule has 0 heterocycles. The van der Waals surface area contributed by atoms with Crippen LogP contribution in [0.1, 0.15) is 44.6 Å². The van der Waals surface area contributed by atoms with Crippen molar-refractivity contribution in [1.29, 1.82) is 0 Å². The summed E-state index contributed by atoms with van der Waals surface area (Å²) in [4.78, 5) is 11.4. The highest BCUT2D eigenvalue weighted by Crippen LogP contribution is 2.41. The zero-order valence-electron chi connectivity index (χ0n) is 11.7. The summed E-state index contributed by atoms with van der Waals surface area (Å²) in [7, 11) is 1.61. The van der Waals surface area contributed by atoms with Crippen LogP contribution in [-0.2, 0) is 10.3 Å². The monoisotopic (exact) mass is 262 g/mol. The number of benzene rings is 1. The Hall–Kier alpha value is -1.55. The van der Waals surface area contributed by atoms with Crippen molar-refractivity contribution in [3.8, 4) is 5.75 Å². The van der Waals surface area contributed by atoms with Crippen LogP contribution in [0.15, 0.2) is 18.2 Å². The number of carbonyl (C=O) groups excluding carboxylic acids is 1. The molecule has 1 aliphatic rings. The zero-order valence-corrected chi connectivity index (χ0v) is 11.7. The molecule has 0 atom stereocenters. The van der Waals surface area contributed by atoms with E-state index in [0.29, 0.717) is 5.75 Å². The number of nitrogens with one attached hydrogen (secondary N) is 1. The van der Waals surface area contributed by atoms with Crippen LogP contribution in [0.5, 0.6) is 5.75 Å². The molecule has 0 spiro atoms. The van der Waals surface area contributed by atoms with Crippen molar-refractivity contribution >= 4 is 11.6 Å². The molecule has 4 nitrogen and oxygen atoms in total. The van der Waals surface area contributed by atoms with Crippen LogP contribution in [0.3, 0.4) is 0 Å². The van der Waals surface area contributed by atoms with Crippen molar-refractivity contribution < 1.29 is 9.53 Å². The molecule has 1 fully saturated rings. The number of amides is 1. The Balaban J connectivity index is 2.45. The Labute approximate surface area is 114 Å². The molecule has 1 saturated carbocycles. The molecular formula is C15H22N2O2. The maximum Gasteiger partial charge on any atom is 0.221 e. The highest BCUT2D eigenvalue weighted by atomic mass is 16.5. The summed E-state index contributed by atoms with van der Waals surface area (Å²) < 4.78 is 5.35. The van der Waals surface area contributed by atoms with Gasteiger partial charge in [-0.15, -0.1) is 0 Å². The summed E-state index contributed by atoms with van der Waals surface area (Å²) in [6.45, 7) is 1.50. The van der Waals surface area contributed by atoms with Gasteiger partial charge in [0.1, 0.15) is 5.75 Å². The van der Waals surface area contributed by atoms with Gasteiger partial charge in [-0.05, 0) is 24.5 Å². The first-order chi connectivity index (χ1) is 9.07. The number of hydrogen-bond donors (Lipinski definition) is 2. The fourth-order valence-corrected chi connectivity index (χ4v) is 2.87. The maximum absolute atomic E-state index is 11.4. The van der Waals surface area contributed by atoms with Crippen LogP contribution in [0, 0.1) is 0 Å². The molecule has 1 aliphatic carbocycles. The molecule has 104 valence electrons. The second-order valence-corrected chi connectivity index (χ2v) is 5.28. The standard InChI is InChI=1S/C15H22N2O2/c1-11(18)17-14-12(7-6-8-13(14)19-2)15(16)9-4-3-5-10-15/h6-8H,3-5,9-10,16H2,1-2H3,(H,17,18). The largest absolute Gasteiger partial charge is 0.495 e. The SMILES string of the molecule is COc1cccc(C2(N)CCCCC2)c1NC(C)=O. The first kappa shape index (κ1) is 13.9. The summed E-state index contributed by atoms with van der Waals surface area (Å²) in [5, 5.41) is 2.87. The van der Waals surface area contributed by atoms with E-state index in [1.807, 2.05) is 18.2 Å². The van der Waals surface area contributed by atoms with Crippen LogP contribution in [0.4, 0.5) is 5.69 Å². The topological polar surface area (TPSA) is 64.3 Å². The number of methoxy groups -OCH3 is 1. The number of rotatable bonds is 3. The Morgan fingerprint density at radius 3 is 2.58 bits per heavy atom. The molecule has 19 heavy (non-hydrogen) atoms. The summed E-state index contributed by atoms with van der Waals surface area (Å²) in [6, 6.07) is 5.78. The van der Waals surface area contributed by atoms with Crippen LogP contribution >= 0.6 is 0 Å². The lowest BCUT2D eigenvalue weighted by atomic mass is 9.76. The fraction of sp³-hybridized carbons (Fsp3) is 0.533. The van der Waals surface area contributed by atoms with Gasteiger partial charge in [-0.1, -0.05) is 31.4 Å². The summed E-state index contributed by atoms with van der Waals surface area (Å²) in [6.07, 6.45) is 5.40. The van der Waals surface area contributed by atoms with Gasteiger partial charge in [0.25, 0.3) is 0 Å². The lowest BCUT2D eigenvalue weighted by Crippen LogP contribution is -2.39. The Morgan fingerprint density at radius 1 is 1.32 bits per heavy atom. The molecule has 1 aromatic carbocycles. The quantitative estimate of drug-likeness (QED) is 0.880. The Bertz CT molecular complexity index is 465. The van der Waals surface area contributed by atoms with E-state index in [0.717, 1.165) is 36.9 Å². The third-order valence-electron chi connectivity index (χ3n) is 3.83. The minimum Gasteiger partial charge on any atom is -0.495 e. The molecule has 4 heteroatoms. The molecule has 0 aliphatic heterocycles. The van der Waals surface area contributed by atoms with Crippen molar-refractivity contribution in [3.63, 3.8) is 0 Å². The van der Waals surface area contributed by atoms with Gasteiger partial charge >= 0.3 is 0 Å². The van der Waals surface area contributed by atoms with Crippen molar-refractivity contribution in [2.75, 3.05) is 12.4 Å². The van der Waals surface area contributed by atoms with Gasteiger partial charge < -0.3 is 15.8 Å². The molecule has 0 aromatic heterocycles. The lowest BCUT2D eigenvalue weighted by Gasteiger charge is -2.35. The van der Waals surface area contributed by atoms with E-state index < -0.39 is 0 Å². The molecule has 0 saturated heterocycles. The highest BCUT2D eigenvalue weighted by molar-refractivity contribution is 5.91. The first-order valence-corrected chi connectivity index (χ1v) is 6.81. The third-order valence-corrected chi connectivity index (χ3v) is 3.83. The van der Waals surface area contributed by atoms with Crippen LogP contribution in [-0.4, -0.2) is 13.0 Å². The van der Waals surface area contributed by atoms with E-state index in [-0.39, 0.29) is 11.4 Å². The number of para-hydroxylation sites is 1. The number of nitrogens with two attached hydrogens (primary N) is 1. The molecular weight excluding hydrogens is 240 g/mol. The highest BCUT2D eigenvalue weighted by Gasteiger charge is 2.32. The van der Waals surface area contributed by atoms with Gasteiger partial charge in [-0.3, -0.25) is 4.79 Å². The predicted molar refractivity (Wildman–Crippen MR) is 76.2 cm³/mol. The summed E-state index contributed by atoms with van der Waals surface area (Å²) in [5.74, 6) is 0.563. The average molecular weight is 262 g/mol. The number of carbonyl (C=O) groups is 1. The van der Waals surface area contributed by atoms with E-state index in [4.69, 9.17) is 10.5 Å². The average Bonchev–Trinajstić information content (AvgIpc) is 2.39. The zero-order chi connectivity index (χ0) is 13.9. The van der Waals surface area contributed by atoms with E-state index >= 15 is 0 Å². The number of anilines is 1. The van der Waals surface area contributed by atoms with Crippen molar-refractivity contribution in [2.45, 2.75) is 44.6 Å². The minimum atomic E-state index is -0.357. The Kier molecular flexibility index (Phi) is 4.10. The molecule has 0 radical (unpaired) electrons. The summed E-state index contributed by atoms with van der Waals surface area (Å²) >= 11 is 0. The Morgan fingerprint density at radius 2 is 2.00 bits per heavy atom. The maximum atomic E-state index is 11.4. The van der Waals surface area contributed by atoms with Gasteiger partial charge in [0.2, 0.25) is 5.91 Å². The third kappa shape index (κ3) is 2.89. The predicted octanol–water partition coefficient (Wildman–Crippen LogP) is 2.77. The number of ether oxygens (including phenoxy) is 1. The van der Waals surface area contributed by atoms with Gasteiger partial charge in [0, 0.05) is 12.5 Å². The normalized spacial score (nSPS) is 17.8. The van der Waals surface area contributed by atoms with Gasteiger partial charge in [-0.25, -0.2) is 0 Å². The second-order valence-electron chi connectivity index (χ2n) is 5.28. The second kappa shape index (κ2) is 5.61. The van der Waals surface area contributed by atoms with Gasteiger partial charge in [0.15, 0.2) is 0 Å².